The Morgan fingerprint density at radius 3 is 2.38 bits per heavy atom. The van der Waals surface area contributed by atoms with E-state index in [-0.39, 0.29) is 0 Å². The van der Waals surface area contributed by atoms with Gasteiger partial charge in [-0.3, -0.25) is 0 Å². The first kappa shape index (κ1) is 8.98. The third-order valence-electron chi connectivity index (χ3n) is 3.22. The zero-order chi connectivity index (χ0) is 9.31. The molecule has 0 saturated carbocycles. The van der Waals surface area contributed by atoms with Crippen molar-refractivity contribution in [1.29, 1.82) is 5.26 Å². The SMILES string of the molecule is CCN1CC2(C1)CN(CCC#N)C2. The van der Waals surface area contributed by atoms with Crippen molar-refractivity contribution < 1.29 is 0 Å². The summed E-state index contributed by atoms with van der Waals surface area (Å²) >= 11 is 0. The van der Waals surface area contributed by atoms with E-state index in [2.05, 4.69) is 22.8 Å². The van der Waals surface area contributed by atoms with Gasteiger partial charge >= 0.3 is 0 Å². The molecule has 2 fully saturated rings. The van der Waals surface area contributed by atoms with Gasteiger partial charge in [0.2, 0.25) is 0 Å². The molecule has 0 aliphatic carbocycles. The number of nitriles is 1. The summed E-state index contributed by atoms with van der Waals surface area (Å²) in [6, 6.07) is 2.20. The van der Waals surface area contributed by atoms with E-state index in [4.69, 9.17) is 5.26 Å². The number of hydrogen-bond donors (Lipinski definition) is 0. The Balaban J connectivity index is 1.66. The van der Waals surface area contributed by atoms with Crippen molar-refractivity contribution in [2.75, 3.05) is 39.3 Å². The van der Waals surface area contributed by atoms with Gasteiger partial charge in [0, 0.05) is 44.6 Å². The number of nitrogens with zero attached hydrogens (tertiary/aromatic N) is 3. The highest BCUT2D eigenvalue weighted by Crippen LogP contribution is 2.39. The van der Waals surface area contributed by atoms with E-state index in [0.717, 1.165) is 6.54 Å². The maximum atomic E-state index is 8.43. The molecule has 3 heteroatoms. The summed E-state index contributed by atoms with van der Waals surface area (Å²) in [6.07, 6.45) is 0.688. The van der Waals surface area contributed by atoms with Gasteiger partial charge in [-0.25, -0.2) is 0 Å². The van der Waals surface area contributed by atoms with Crippen LogP contribution >= 0.6 is 0 Å². The molecule has 0 unspecified atom stereocenters. The van der Waals surface area contributed by atoms with Crippen LogP contribution < -0.4 is 0 Å². The molecule has 2 aliphatic rings. The van der Waals surface area contributed by atoms with Gasteiger partial charge in [0.1, 0.15) is 0 Å². The van der Waals surface area contributed by atoms with Crippen LogP contribution in [0.1, 0.15) is 13.3 Å². The lowest BCUT2D eigenvalue weighted by Crippen LogP contribution is -2.71. The summed E-state index contributed by atoms with van der Waals surface area (Å²) in [7, 11) is 0. The molecule has 13 heavy (non-hydrogen) atoms. The zero-order valence-corrected chi connectivity index (χ0v) is 8.29. The van der Waals surface area contributed by atoms with Gasteiger partial charge in [0.25, 0.3) is 0 Å². The van der Waals surface area contributed by atoms with Gasteiger partial charge < -0.3 is 9.80 Å². The van der Waals surface area contributed by atoms with Crippen LogP contribution in [-0.4, -0.2) is 49.1 Å². The Labute approximate surface area is 79.9 Å². The Kier molecular flexibility index (Phi) is 2.27. The Morgan fingerprint density at radius 2 is 1.85 bits per heavy atom. The van der Waals surface area contributed by atoms with Crippen molar-refractivity contribution >= 4 is 0 Å². The molecule has 3 nitrogen and oxygen atoms in total. The van der Waals surface area contributed by atoms with Crippen LogP contribution in [0.2, 0.25) is 0 Å². The van der Waals surface area contributed by atoms with Gasteiger partial charge in [0.05, 0.1) is 6.07 Å². The molecule has 0 aromatic heterocycles. The summed E-state index contributed by atoms with van der Waals surface area (Å²) in [4.78, 5) is 4.89. The monoisotopic (exact) mass is 179 g/mol. The van der Waals surface area contributed by atoms with E-state index in [1.54, 1.807) is 0 Å². The quantitative estimate of drug-likeness (QED) is 0.633. The molecular weight excluding hydrogens is 162 g/mol. The fourth-order valence-electron chi connectivity index (χ4n) is 2.59. The molecular formula is C10H17N3. The van der Waals surface area contributed by atoms with Crippen LogP contribution in [0.25, 0.3) is 0 Å². The molecule has 72 valence electrons. The van der Waals surface area contributed by atoms with Crippen LogP contribution in [0, 0.1) is 16.7 Å². The zero-order valence-electron chi connectivity index (χ0n) is 8.29. The van der Waals surface area contributed by atoms with Crippen molar-refractivity contribution in [2.24, 2.45) is 5.41 Å². The number of rotatable bonds is 3. The molecule has 1 spiro atoms. The molecule has 2 rings (SSSR count). The van der Waals surface area contributed by atoms with Crippen molar-refractivity contribution in [3.05, 3.63) is 0 Å². The Morgan fingerprint density at radius 1 is 1.23 bits per heavy atom. The van der Waals surface area contributed by atoms with E-state index in [9.17, 15) is 0 Å². The van der Waals surface area contributed by atoms with Gasteiger partial charge in [-0.15, -0.1) is 0 Å². The first-order valence-corrected chi connectivity index (χ1v) is 5.10. The highest BCUT2D eigenvalue weighted by Gasteiger charge is 2.50. The normalized spacial score (nSPS) is 26.5. The summed E-state index contributed by atoms with van der Waals surface area (Å²) < 4.78 is 0. The van der Waals surface area contributed by atoms with E-state index < -0.39 is 0 Å². The molecule has 0 bridgehead atoms. The Hall–Kier alpha value is -0.590. The molecule has 0 atom stereocenters. The maximum Gasteiger partial charge on any atom is 0.0635 e. The minimum Gasteiger partial charge on any atom is -0.302 e. The second kappa shape index (κ2) is 3.28. The third-order valence-corrected chi connectivity index (χ3v) is 3.22. The summed E-state index contributed by atoms with van der Waals surface area (Å²) in [6.45, 7) is 9.42. The van der Waals surface area contributed by atoms with Gasteiger partial charge in [0.15, 0.2) is 0 Å². The molecule has 0 aromatic carbocycles. The predicted molar refractivity (Wildman–Crippen MR) is 51.2 cm³/mol. The average molecular weight is 179 g/mol. The first-order chi connectivity index (χ1) is 6.28. The summed E-state index contributed by atoms with van der Waals surface area (Å²) in [5.74, 6) is 0. The van der Waals surface area contributed by atoms with Crippen LogP contribution in [0.5, 0.6) is 0 Å². The van der Waals surface area contributed by atoms with Crippen molar-refractivity contribution in [1.82, 2.24) is 9.80 Å². The van der Waals surface area contributed by atoms with Crippen LogP contribution in [0.3, 0.4) is 0 Å². The van der Waals surface area contributed by atoms with E-state index in [1.807, 2.05) is 0 Å². The lowest BCUT2D eigenvalue weighted by atomic mass is 9.73. The number of likely N-dealkylation sites (tertiary alicyclic amines) is 2. The molecule has 0 aromatic rings. The molecule has 2 aliphatic heterocycles. The topological polar surface area (TPSA) is 30.3 Å². The van der Waals surface area contributed by atoms with Crippen molar-refractivity contribution in [2.45, 2.75) is 13.3 Å². The first-order valence-electron chi connectivity index (χ1n) is 5.10. The smallest absolute Gasteiger partial charge is 0.0635 e. The van der Waals surface area contributed by atoms with E-state index in [1.165, 1.54) is 32.7 Å². The molecule has 0 radical (unpaired) electrons. The molecule has 0 N–H and O–H groups in total. The minimum atomic E-state index is 0.630. The highest BCUT2D eigenvalue weighted by molar-refractivity contribution is 5.05. The van der Waals surface area contributed by atoms with Gasteiger partial charge in [-0.1, -0.05) is 6.92 Å². The van der Waals surface area contributed by atoms with Gasteiger partial charge in [-0.05, 0) is 6.54 Å². The fraction of sp³-hybridized carbons (Fsp3) is 0.900. The lowest BCUT2D eigenvalue weighted by Gasteiger charge is -2.60. The Bertz CT molecular complexity index is 217. The van der Waals surface area contributed by atoms with Crippen molar-refractivity contribution in [3.63, 3.8) is 0 Å². The van der Waals surface area contributed by atoms with Crippen LogP contribution in [-0.2, 0) is 0 Å². The fourth-order valence-corrected chi connectivity index (χ4v) is 2.59. The molecule has 2 heterocycles. The maximum absolute atomic E-state index is 8.43. The lowest BCUT2D eigenvalue weighted by molar-refractivity contribution is -0.111. The average Bonchev–Trinajstić information content (AvgIpc) is 1.99. The summed E-state index contributed by atoms with van der Waals surface area (Å²) in [5, 5.41) is 8.43. The predicted octanol–water partition coefficient (Wildman–Crippen LogP) is 0.538. The minimum absolute atomic E-state index is 0.630. The third kappa shape index (κ3) is 1.56. The second-order valence-corrected chi connectivity index (χ2v) is 4.42. The van der Waals surface area contributed by atoms with E-state index in [0.29, 0.717) is 11.8 Å². The molecule has 0 amide bonds. The molecule has 2 saturated heterocycles. The highest BCUT2D eigenvalue weighted by atomic mass is 15.3. The summed E-state index contributed by atoms with van der Waals surface area (Å²) in [5.41, 5.74) is 0.630. The van der Waals surface area contributed by atoms with Gasteiger partial charge in [-0.2, -0.15) is 5.26 Å². The van der Waals surface area contributed by atoms with E-state index >= 15 is 0 Å². The largest absolute Gasteiger partial charge is 0.302 e. The van der Waals surface area contributed by atoms with Crippen LogP contribution in [0.15, 0.2) is 0 Å². The standard InChI is InChI=1S/C10H17N3/c1-2-12-6-10(7-12)8-13(9-10)5-3-4-11/h2-3,5-9H2,1H3. The number of hydrogen-bond acceptors (Lipinski definition) is 3. The van der Waals surface area contributed by atoms with Crippen molar-refractivity contribution in [3.8, 4) is 6.07 Å². The second-order valence-electron chi connectivity index (χ2n) is 4.42. The van der Waals surface area contributed by atoms with Crippen LogP contribution in [0.4, 0.5) is 0 Å².